The normalized spacial score (nSPS) is 12.6. The first-order valence-electron chi connectivity index (χ1n) is 5.64. The molecule has 1 heterocycles. The predicted octanol–water partition coefficient (Wildman–Crippen LogP) is 1.80. The van der Waals surface area contributed by atoms with E-state index in [9.17, 15) is 0 Å². The predicted molar refractivity (Wildman–Crippen MR) is 70.4 cm³/mol. The van der Waals surface area contributed by atoms with E-state index in [2.05, 4.69) is 34.3 Å². The van der Waals surface area contributed by atoms with Gasteiger partial charge in [0.1, 0.15) is 10.8 Å². The third-order valence-electron chi connectivity index (χ3n) is 2.52. The van der Waals surface area contributed by atoms with Crippen LogP contribution in [0.5, 0.6) is 0 Å². The van der Waals surface area contributed by atoms with Crippen LogP contribution >= 0.6 is 11.3 Å². The zero-order chi connectivity index (χ0) is 12.8. The second-order valence-electron chi connectivity index (χ2n) is 4.29. The maximum atomic E-state index is 8.51. The van der Waals surface area contributed by atoms with Gasteiger partial charge in [0.05, 0.1) is 6.54 Å². The topological polar surface area (TPSA) is 74.7 Å². The molecule has 0 fully saturated rings. The van der Waals surface area contributed by atoms with Gasteiger partial charge in [-0.3, -0.25) is 4.90 Å². The smallest absolute Gasteiger partial charge is 0.140 e. The lowest BCUT2D eigenvalue weighted by Gasteiger charge is -2.25. The average Bonchev–Trinajstić information content (AvgIpc) is 2.69. The molecule has 0 bridgehead atoms. The lowest BCUT2D eigenvalue weighted by molar-refractivity contribution is 0.217. The quantitative estimate of drug-likeness (QED) is 0.352. The Hall–Kier alpha value is -1.14. The molecule has 1 aromatic rings. The first-order chi connectivity index (χ1) is 8.02. The molecule has 1 rings (SSSR count). The van der Waals surface area contributed by atoms with Gasteiger partial charge in [0, 0.05) is 30.1 Å². The number of hydrogen-bond donors (Lipinski definition) is 2. The molecule has 0 saturated carbocycles. The lowest BCUT2D eigenvalue weighted by atomic mass is 10.2. The fourth-order valence-electron chi connectivity index (χ4n) is 1.48. The summed E-state index contributed by atoms with van der Waals surface area (Å²) in [4.78, 5) is 6.71. The first kappa shape index (κ1) is 13.9. The van der Waals surface area contributed by atoms with Gasteiger partial charge in [-0.1, -0.05) is 5.16 Å². The van der Waals surface area contributed by atoms with Crippen molar-refractivity contribution >= 4 is 17.2 Å². The Kier molecular flexibility index (Phi) is 5.37. The molecule has 6 heteroatoms. The van der Waals surface area contributed by atoms with E-state index in [1.54, 1.807) is 11.3 Å². The second kappa shape index (κ2) is 6.56. The Morgan fingerprint density at radius 2 is 2.35 bits per heavy atom. The van der Waals surface area contributed by atoms with Gasteiger partial charge in [0.15, 0.2) is 0 Å². The summed E-state index contributed by atoms with van der Waals surface area (Å²) in [6.07, 6.45) is 0.568. The number of nitrogens with two attached hydrogens (primary N) is 1. The van der Waals surface area contributed by atoms with E-state index in [0.29, 0.717) is 12.5 Å². The molecule has 0 aliphatic carbocycles. The summed E-state index contributed by atoms with van der Waals surface area (Å²) >= 11 is 1.67. The van der Waals surface area contributed by atoms with Gasteiger partial charge >= 0.3 is 0 Å². The second-order valence-corrected chi connectivity index (χ2v) is 5.23. The number of amidine groups is 1. The summed E-state index contributed by atoms with van der Waals surface area (Å²) in [6, 6.07) is 0.408. The van der Waals surface area contributed by atoms with Crippen LogP contribution in [0.2, 0.25) is 0 Å². The molecule has 0 aromatic carbocycles. The minimum absolute atomic E-state index is 0.269. The lowest BCUT2D eigenvalue weighted by Crippen LogP contribution is -2.33. The largest absolute Gasteiger partial charge is 0.409 e. The Balaban J connectivity index is 2.54. The Morgan fingerprint density at radius 1 is 1.65 bits per heavy atom. The van der Waals surface area contributed by atoms with Gasteiger partial charge in [0.25, 0.3) is 0 Å². The van der Waals surface area contributed by atoms with Crippen LogP contribution in [0, 0.1) is 6.92 Å². The van der Waals surface area contributed by atoms with Crippen LogP contribution in [-0.4, -0.2) is 33.5 Å². The highest BCUT2D eigenvalue weighted by Gasteiger charge is 2.12. The monoisotopic (exact) mass is 256 g/mol. The molecule has 0 atom stereocenters. The molecule has 3 N–H and O–H groups in total. The van der Waals surface area contributed by atoms with Gasteiger partial charge in [-0.25, -0.2) is 4.98 Å². The van der Waals surface area contributed by atoms with Crippen LogP contribution in [0.4, 0.5) is 0 Å². The number of oxime groups is 1. The van der Waals surface area contributed by atoms with Crippen molar-refractivity contribution in [2.24, 2.45) is 10.9 Å². The zero-order valence-corrected chi connectivity index (χ0v) is 11.4. The van der Waals surface area contributed by atoms with Crippen molar-refractivity contribution < 1.29 is 5.21 Å². The van der Waals surface area contributed by atoms with Crippen molar-refractivity contribution in [2.45, 2.75) is 39.8 Å². The molecule has 96 valence electrons. The zero-order valence-electron chi connectivity index (χ0n) is 10.6. The van der Waals surface area contributed by atoms with E-state index in [-0.39, 0.29) is 5.84 Å². The van der Waals surface area contributed by atoms with Crippen molar-refractivity contribution in [3.8, 4) is 0 Å². The number of aryl methyl sites for hydroxylation is 1. The fraction of sp³-hybridized carbons (Fsp3) is 0.636. The standard InChI is InChI=1S/C11H20N4OS/c1-8(2)15(5-4-10(12)14-16)6-11-13-9(3)7-17-11/h7-8,16H,4-6H2,1-3H3,(H2,12,14). The van der Waals surface area contributed by atoms with E-state index in [1.807, 2.05) is 6.92 Å². The third kappa shape index (κ3) is 4.70. The number of nitrogens with zero attached hydrogens (tertiary/aromatic N) is 3. The Bertz CT molecular complexity index is 375. The number of rotatable bonds is 6. The SMILES string of the molecule is Cc1csc(CN(CCC(N)=NO)C(C)C)n1. The van der Waals surface area contributed by atoms with Crippen molar-refractivity contribution in [3.05, 3.63) is 16.1 Å². The summed E-state index contributed by atoms with van der Waals surface area (Å²) in [5.74, 6) is 0.269. The molecule has 17 heavy (non-hydrogen) atoms. The third-order valence-corrected chi connectivity index (χ3v) is 3.47. The summed E-state index contributed by atoms with van der Waals surface area (Å²) in [6.45, 7) is 7.84. The van der Waals surface area contributed by atoms with E-state index in [1.165, 1.54) is 0 Å². The molecule has 5 nitrogen and oxygen atoms in total. The maximum Gasteiger partial charge on any atom is 0.140 e. The summed E-state index contributed by atoms with van der Waals surface area (Å²) < 4.78 is 0. The van der Waals surface area contributed by atoms with E-state index in [0.717, 1.165) is 23.8 Å². The van der Waals surface area contributed by atoms with Gasteiger partial charge in [-0.05, 0) is 20.8 Å². The van der Waals surface area contributed by atoms with Crippen molar-refractivity contribution in [3.63, 3.8) is 0 Å². The van der Waals surface area contributed by atoms with E-state index < -0.39 is 0 Å². The van der Waals surface area contributed by atoms with E-state index in [4.69, 9.17) is 10.9 Å². The van der Waals surface area contributed by atoms with Gasteiger partial charge < -0.3 is 10.9 Å². The molecule has 0 spiro atoms. The molecule has 0 amide bonds. The molecular weight excluding hydrogens is 236 g/mol. The summed E-state index contributed by atoms with van der Waals surface area (Å²) in [5.41, 5.74) is 6.54. The fourth-order valence-corrected chi connectivity index (χ4v) is 2.27. The van der Waals surface area contributed by atoms with Crippen molar-refractivity contribution in [1.29, 1.82) is 0 Å². The van der Waals surface area contributed by atoms with Crippen LogP contribution in [0.15, 0.2) is 10.5 Å². The van der Waals surface area contributed by atoms with Crippen molar-refractivity contribution in [2.75, 3.05) is 6.54 Å². The van der Waals surface area contributed by atoms with Crippen LogP contribution in [0.1, 0.15) is 31.0 Å². The van der Waals surface area contributed by atoms with Crippen LogP contribution < -0.4 is 5.73 Å². The minimum atomic E-state index is 0.269. The molecular formula is C11H20N4OS. The van der Waals surface area contributed by atoms with Crippen LogP contribution in [0.3, 0.4) is 0 Å². The van der Waals surface area contributed by atoms with Crippen LogP contribution in [0.25, 0.3) is 0 Å². The number of aromatic nitrogens is 1. The molecule has 1 aromatic heterocycles. The molecule has 0 radical (unpaired) electrons. The average molecular weight is 256 g/mol. The van der Waals surface area contributed by atoms with Crippen molar-refractivity contribution in [1.82, 2.24) is 9.88 Å². The van der Waals surface area contributed by atoms with Gasteiger partial charge in [-0.15, -0.1) is 11.3 Å². The number of hydrogen-bond acceptors (Lipinski definition) is 5. The van der Waals surface area contributed by atoms with Gasteiger partial charge in [-0.2, -0.15) is 0 Å². The Labute approximate surface area is 106 Å². The molecule has 0 saturated heterocycles. The minimum Gasteiger partial charge on any atom is -0.409 e. The first-order valence-corrected chi connectivity index (χ1v) is 6.52. The highest BCUT2D eigenvalue weighted by molar-refractivity contribution is 7.09. The van der Waals surface area contributed by atoms with Crippen LogP contribution in [-0.2, 0) is 6.54 Å². The maximum absolute atomic E-state index is 8.51. The molecule has 0 unspecified atom stereocenters. The van der Waals surface area contributed by atoms with Gasteiger partial charge in [0.2, 0.25) is 0 Å². The highest BCUT2D eigenvalue weighted by atomic mass is 32.1. The summed E-state index contributed by atoms with van der Waals surface area (Å²) in [7, 11) is 0. The summed E-state index contributed by atoms with van der Waals surface area (Å²) in [5, 5.41) is 14.7. The number of thiazole rings is 1. The highest BCUT2D eigenvalue weighted by Crippen LogP contribution is 2.13. The Morgan fingerprint density at radius 3 is 2.82 bits per heavy atom. The molecule has 0 aliphatic heterocycles. The van der Waals surface area contributed by atoms with E-state index >= 15 is 0 Å². The molecule has 0 aliphatic rings.